The molecule has 0 spiro atoms. The number of ketones is 2. The number of hydrogen-bond donors (Lipinski definition) is 2. The number of ether oxygens (including phenoxy) is 1. The lowest BCUT2D eigenvalue weighted by Crippen LogP contribution is -2.54. The summed E-state index contributed by atoms with van der Waals surface area (Å²) >= 11 is 0. The number of rotatable bonds is 3. The summed E-state index contributed by atoms with van der Waals surface area (Å²) in [6.45, 7) is 1.03. The molecule has 0 amide bonds. The van der Waals surface area contributed by atoms with Gasteiger partial charge in [0.05, 0.1) is 5.56 Å². The van der Waals surface area contributed by atoms with Crippen LogP contribution in [-0.4, -0.2) is 33.7 Å². The molecule has 2 aromatic rings. The van der Waals surface area contributed by atoms with E-state index in [4.69, 9.17) is 4.74 Å². The van der Waals surface area contributed by atoms with Crippen molar-refractivity contribution >= 4 is 11.6 Å². The third kappa shape index (κ3) is 2.53. The first-order chi connectivity index (χ1) is 12.1. The highest BCUT2D eigenvalue weighted by Crippen LogP contribution is 2.54. The third-order valence-electron chi connectivity index (χ3n) is 4.21. The molecule has 136 valence electrons. The fraction of sp³-hybridized carbons (Fsp3) is 0.222. The maximum Gasteiger partial charge on any atom is 0.456 e. The van der Waals surface area contributed by atoms with Gasteiger partial charge in [-0.3, -0.25) is 9.59 Å². The van der Waals surface area contributed by atoms with Crippen LogP contribution in [0.25, 0.3) is 0 Å². The maximum absolute atomic E-state index is 13.6. The molecule has 26 heavy (non-hydrogen) atoms. The number of benzene rings is 2. The van der Waals surface area contributed by atoms with Crippen molar-refractivity contribution in [3.8, 4) is 11.5 Å². The summed E-state index contributed by atoms with van der Waals surface area (Å²) < 4.78 is 45.5. The van der Waals surface area contributed by atoms with Crippen molar-refractivity contribution in [2.75, 3.05) is 0 Å². The lowest BCUT2D eigenvalue weighted by atomic mass is 9.82. The number of phenolic OH excluding ortho intramolecular Hbond substituents is 1. The second-order valence-corrected chi connectivity index (χ2v) is 5.89. The quantitative estimate of drug-likeness (QED) is 0.815. The zero-order chi connectivity index (χ0) is 19.3. The molecular weight excluding hydrogens is 353 g/mol. The maximum atomic E-state index is 13.6. The van der Waals surface area contributed by atoms with Crippen molar-refractivity contribution in [2.45, 2.75) is 24.8 Å². The molecule has 1 aliphatic heterocycles. The van der Waals surface area contributed by atoms with E-state index in [0.29, 0.717) is 0 Å². The zero-order valence-corrected chi connectivity index (χ0v) is 13.4. The summed E-state index contributed by atoms with van der Waals surface area (Å²) in [4.78, 5) is 24.7. The van der Waals surface area contributed by atoms with Gasteiger partial charge in [-0.2, -0.15) is 13.2 Å². The second-order valence-electron chi connectivity index (χ2n) is 5.89. The molecule has 8 heteroatoms. The van der Waals surface area contributed by atoms with Gasteiger partial charge in [0, 0.05) is 11.1 Å². The number of aromatic hydroxyl groups is 1. The van der Waals surface area contributed by atoms with Crippen LogP contribution in [0.2, 0.25) is 0 Å². The van der Waals surface area contributed by atoms with Gasteiger partial charge in [0.2, 0.25) is 0 Å². The normalized spacial score (nSPS) is 21.8. The van der Waals surface area contributed by atoms with E-state index in [-0.39, 0.29) is 5.56 Å². The highest BCUT2D eigenvalue weighted by Gasteiger charge is 2.68. The number of alkyl halides is 3. The molecule has 0 fully saturated rings. The van der Waals surface area contributed by atoms with E-state index in [1.165, 1.54) is 24.3 Å². The number of hydrogen-bond acceptors (Lipinski definition) is 5. The van der Waals surface area contributed by atoms with E-state index in [1.54, 1.807) is 6.07 Å². The highest BCUT2D eigenvalue weighted by atomic mass is 19.4. The van der Waals surface area contributed by atoms with Crippen LogP contribution in [0.4, 0.5) is 13.2 Å². The first-order valence-corrected chi connectivity index (χ1v) is 7.52. The number of phenols is 1. The Hall–Kier alpha value is -2.87. The van der Waals surface area contributed by atoms with Gasteiger partial charge >= 0.3 is 12.0 Å². The summed E-state index contributed by atoms with van der Waals surface area (Å²) in [6.07, 6.45) is -5.33. The Kier molecular flexibility index (Phi) is 4.03. The van der Waals surface area contributed by atoms with E-state index >= 15 is 0 Å². The first kappa shape index (κ1) is 17.9. The predicted molar refractivity (Wildman–Crippen MR) is 83.3 cm³/mol. The van der Waals surface area contributed by atoms with Gasteiger partial charge in [0.1, 0.15) is 17.4 Å². The number of carbonyl (C=O) groups excluding carboxylic acids is 2. The summed E-state index contributed by atoms with van der Waals surface area (Å²) in [5.41, 5.74) is -1.07. The van der Waals surface area contributed by atoms with Gasteiger partial charge < -0.3 is 14.9 Å². The largest absolute Gasteiger partial charge is 0.507 e. The Morgan fingerprint density at radius 1 is 1.12 bits per heavy atom. The van der Waals surface area contributed by atoms with Crippen LogP contribution in [0, 0.1) is 0 Å². The van der Waals surface area contributed by atoms with Crippen LogP contribution < -0.4 is 4.74 Å². The van der Waals surface area contributed by atoms with Crippen LogP contribution in [0.3, 0.4) is 0 Å². The lowest BCUT2D eigenvalue weighted by Gasteiger charge is -2.30. The molecule has 0 bridgehead atoms. The number of aliphatic hydroxyl groups is 1. The van der Waals surface area contributed by atoms with Crippen LogP contribution >= 0.6 is 0 Å². The van der Waals surface area contributed by atoms with E-state index in [1.807, 2.05) is 0 Å². The van der Waals surface area contributed by atoms with E-state index < -0.39 is 52.1 Å². The molecule has 1 aliphatic rings. The second kappa shape index (κ2) is 5.84. The van der Waals surface area contributed by atoms with Crippen molar-refractivity contribution in [1.29, 1.82) is 0 Å². The van der Waals surface area contributed by atoms with Gasteiger partial charge in [0.15, 0.2) is 11.6 Å². The Morgan fingerprint density at radius 3 is 2.27 bits per heavy atom. The minimum absolute atomic E-state index is 0.102. The number of carbonyl (C=O) groups is 2. The van der Waals surface area contributed by atoms with Crippen LogP contribution in [-0.2, 0) is 0 Å². The van der Waals surface area contributed by atoms with E-state index in [9.17, 15) is 33.0 Å². The molecule has 0 radical (unpaired) electrons. The summed E-state index contributed by atoms with van der Waals surface area (Å²) in [5.74, 6) is -9.05. The average molecular weight is 366 g/mol. The average Bonchev–Trinajstić information content (AvgIpc) is 2.87. The molecule has 0 aromatic heterocycles. The third-order valence-corrected chi connectivity index (χ3v) is 4.21. The number of halogens is 3. The molecule has 0 saturated heterocycles. The zero-order valence-electron chi connectivity index (χ0n) is 13.4. The number of fused-ring (bicyclic) bond motifs is 1. The Bertz CT molecular complexity index is 892. The topological polar surface area (TPSA) is 83.8 Å². The molecule has 2 unspecified atom stereocenters. The molecule has 0 aliphatic carbocycles. The van der Waals surface area contributed by atoms with Crippen molar-refractivity contribution in [3.05, 3.63) is 59.2 Å². The monoisotopic (exact) mass is 366 g/mol. The minimum Gasteiger partial charge on any atom is -0.507 e. The number of Topliss-reactive ketones (excluding diaryl/α,β-unsaturated/α-hetero) is 2. The van der Waals surface area contributed by atoms with Crippen molar-refractivity contribution in [2.24, 2.45) is 0 Å². The van der Waals surface area contributed by atoms with Crippen molar-refractivity contribution in [3.63, 3.8) is 0 Å². The molecule has 0 saturated carbocycles. The van der Waals surface area contributed by atoms with Gasteiger partial charge in [-0.25, -0.2) is 0 Å². The van der Waals surface area contributed by atoms with Gasteiger partial charge in [0.25, 0.3) is 0 Å². The van der Waals surface area contributed by atoms with Gasteiger partial charge in [-0.1, -0.05) is 30.3 Å². The highest BCUT2D eigenvalue weighted by molar-refractivity contribution is 6.07. The molecule has 2 atom stereocenters. The fourth-order valence-corrected chi connectivity index (χ4v) is 3.06. The van der Waals surface area contributed by atoms with E-state index in [0.717, 1.165) is 19.1 Å². The van der Waals surface area contributed by atoms with Crippen molar-refractivity contribution in [1.82, 2.24) is 0 Å². The Morgan fingerprint density at radius 2 is 1.73 bits per heavy atom. The summed E-state index contributed by atoms with van der Waals surface area (Å²) in [7, 11) is 0. The van der Waals surface area contributed by atoms with Crippen LogP contribution in [0.5, 0.6) is 11.5 Å². The first-order valence-electron chi connectivity index (χ1n) is 7.52. The van der Waals surface area contributed by atoms with Crippen molar-refractivity contribution < 1.29 is 37.7 Å². The SMILES string of the molecule is CC(=O)c1c(O)ccc2c1C(C(=O)c1ccccc1)C(O)(C(F)(F)F)O2. The minimum atomic E-state index is -5.33. The van der Waals surface area contributed by atoms with Crippen LogP contribution in [0.15, 0.2) is 42.5 Å². The molecule has 5 nitrogen and oxygen atoms in total. The van der Waals surface area contributed by atoms with Gasteiger partial charge in [-0.05, 0) is 19.1 Å². The predicted octanol–water partition coefficient (Wildman–Crippen LogP) is 3.20. The molecule has 2 aromatic carbocycles. The molecular formula is C18H13F3O5. The fourth-order valence-electron chi connectivity index (χ4n) is 3.06. The smallest absolute Gasteiger partial charge is 0.456 e. The van der Waals surface area contributed by atoms with Gasteiger partial charge in [-0.15, -0.1) is 0 Å². The molecule has 2 N–H and O–H groups in total. The molecule has 3 rings (SSSR count). The summed E-state index contributed by atoms with van der Waals surface area (Å²) in [6, 6.07) is 8.99. The Balaban J connectivity index is 2.30. The lowest BCUT2D eigenvalue weighted by molar-refractivity contribution is -0.331. The Labute approximate surface area is 145 Å². The standard InChI is InChI=1S/C18H13F3O5/c1-9(22)13-11(23)7-8-12-14(13)15(17(25,26-12)18(19,20)21)16(24)10-5-3-2-4-6-10/h2-8,15,23,25H,1H3. The summed E-state index contributed by atoms with van der Waals surface area (Å²) in [5, 5.41) is 20.2. The molecule has 1 heterocycles. The van der Waals surface area contributed by atoms with Crippen LogP contribution in [0.1, 0.15) is 39.1 Å². The van der Waals surface area contributed by atoms with E-state index in [2.05, 4.69) is 0 Å².